The van der Waals surface area contributed by atoms with Crippen LogP contribution in [0.25, 0.3) is 0 Å². The van der Waals surface area contributed by atoms with Gasteiger partial charge in [0, 0.05) is 22.1 Å². The third-order valence-electron chi connectivity index (χ3n) is 2.99. The molecule has 1 aromatic carbocycles. The summed E-state index contributed by atoms with van der Waals surface area (Å²) in [4.78, 5) is 11.8. The molecule has 1 aromatic rings. The number of nitrogens with one attached hydrogen (secondary N) is 1. The highest BCUT2D eigenvalue weighted by molar-refractivity contribution is 9.10. The van der Waals surface area contributed by atoms with Crippen LogP contribution in [0.1, 0.15) is 18.4 Å². The first-order chi connectivity index (χ1) is 7.56. The summed E-state index contributed by atoms with van der Waals surface area (Å²) in [5, 5.41) is 2.94. The molecule has 3 nitrogen and oxygen atoms in total. The third kappa shape index (κ3) is 2.44. The molecule has 0 saturated heterocycles. The number of hydrogen-bond donors (Lipinski definition) is 2. The van der Waals surface area contributed by atoms with E-state index in [0.717, 1.165) is 28.6 Å². The molecule has 1 aliphatic rings. The quantitative estimate of drug-likeness (QED) is 0.875. The molecule has 0 spiro atoms. The van der Waals surface area contributed by atoms with E-state index in [0.29, 0.717) is 0 Å². The van der Waals surface area contributed by atoms with Crippen LogP contribution in [-0.2, 0) is 4.79 Å². The number of hydrogen-bond acceptors (Lipinski definition) is 2. The summed E-state index contributed by atoms with van der Waals surface area (Å²) < 4.78 is 1.02. The van der Waals surface area contributed by atoms with Crippen LogP contribution in [-0.4, -0.2) is 11.9 Å². The maximum Gasteiger partial charge on any atom is 0.227 e. The van der Waals surface area contributed by atoms with Gasteiger partial charge in [0.2, 0.25) is 5.91 Å². The van der Waals surface area contributed by atoms with E-state index in [1.54, 1.807) is 0 Å². The molecule has 0 heterocycles. The van der Waals surface area contributed by atoms with Crippen molar-refractivity contribution in [3.63, 3.8) is 0 Å². The fraction of sp³-hybridized carbons (Fsp3) is 0.417. The van der Waals surface area contributed by atoms with Crippen LogP contribution in [0.3, 0.4) is 0 Å². The van der Waals surface area contributed by atoms with E-state index in [1.165, 1.54) is 0 Å². The molecule has 86 valence electrons. The van der Waals surface area contributed by atoms with Gasteiger partial charge in [-0.15, -0.1) is 0 Å². The first kappa shape index (κ1) is 11.6. The molecular weight excluding hydrogens is 268 g/mol. The van der Waals surface area contributed by atoms with Gasteiger partial charge in [-0.1, -0.05) is 15.9 Å². The first-order valence-corrected chi connectivity index (χ1v) is 6.18. The number of anilines is 1. The Hall–Kier alpha value is -0.870. The summed E-state index contributed by atoms with van der Waals surface area (Å²) in [7, 11) is 0. The van der Waals surface area contributed by atoms with E-state index in [-0.39, 0.29) is 17.9 Å². The van der Waals surface area contributed by atoms with Crippen molar-refractivity contribution < 1.29 is 4.79 Å². The molecule has 4 heteroatoms. The monoisotopic (exact) mass is 282 g/mol. The van der Waals surface area contributed by atoms with Crippen LogP contribution >= 0.6 is 15.9 Å². The summed E-state index contributed by atoms with van der Waals surface area (Å²) in [6.45, 7) is 1.98. The maximum atomic E-state index is 11.8. The highest BCUT2D eigenvalue weighted by Crippen LogP contribution is 2.28. The van der Waals surface area contributed by atoms with E-state index in [4.69, 9.17) is 5.73 Å². The molecule has 0 unspecified atom stereocenters. The van der Waals surface area contributed by atoms with Crippen LogP contribution < -0.4 is 11.1 Å². The van der Waals surface area contributed by atoms with Gasteiger partial charge < -0.3 is 11.1 Å². The van der Waals surface area contributed by atoms with E-state index in [1.807, 2.05) is 25.1 Å². The molecule has 1 amide bonds. The Labute approximate surface area is 104 Å². The fourth-order valence-corrected chi connectivity index (χ4v) is 2.35. The van der Waals surface area contributed by atoms with Crippen molar-refractivity contribution in [2.24, 2.45) is 11.7 Å². The SMILES string of the molecule is Cc1cc(Br)ccc1NC(=O)C1CC(N)C1. The van der Waals surface area contributed by atoms with E-state index in [9.17, 15) is 4.79 Å². The van der Waals surface area contributed by atoms with Crippen LogP contribution in [0.4, 0.5) is 5.69 Å². The van der Waals surface area contributed by atoms with Crippen molar-refractivity contribution in [2.45, 2.75) is 25.8 Å². The van der Waals surface area contributed by atoms with E-state index in [2.05, 4.69) is 21.2 Å². The van der Waals surface area contributed by atoms with Gasteiger partial charge in [-0.05, 0) is 43.5 Å². The van der Waals surface area contributed by atoms with Crippen molar-refractivity contribution in [3.05, 3.63) is 28.2 Å². The van der Waals surface area contributed by atoms with Crippen molar-refractivity contribution in [1.82, 2.24) is 0 Å². The number of halogens is 1. The van der Waals surface area contributed by atoms with Crippen molar-refractivity contribution in [2.75, 3.05) is 5.32 Å². The minimum absolute atomic E-state index is 0.0899. The molecule has 1 saturated carbocycles. The number of carbonyl (C=O) groups excluding carboxylic acids is 1. The Bertz CT molecular complexity index is 413. The Morgan fingerprint density at radius 1 is 1.50 bits per heavy atom. The Morgan fingerprint density at radius 2 is 2.19 bits per heavy atom. The number of nitrogens with two attached hydrogens (primary N) is 1. The smallest absolute Gasteiger partial charge is 0.227 e. The molecular formula is C12H15BrN2O. The van der Waals surface area contributed by atoms with Crippen LogP contribution in [0, 0.1) is 12.8 Å². The summed E-state index contributed by atoms with van der Waals surface area (Å²) in [5.74, 6) is 0.185. The standard InChI is InChI=1S/C12H15BrN2O/c1-7-4-9(13)2-3-11(7)15-12(16)8-5-10(14)6-8/h2-4,8,10H,5-6,14H2,1H3,(H,15,16). The molecule has 0 aromatic heterocycles. The lowest BCUT2D eigenvalue weighted by atomic mass is 9.80. The van der Waals surface area contributed by atoms with Crippen molar-refractivity contribution >= 4 is 27.5 Å². The van der Waals surface area contributed by atoms with Gasteiger partial charge in [-0.3, -0.25) is 4.79 Å². The molecule has 2 rings (SSSR count). The minimum atomic E-state index is 0.0899. The van der Waals surface area contributed by atoms with Crippen molar-refractivity contribution in [1.29, 1.82) is 0 Å². The fourth-order valence-electron chi connectivity index (χ4n) is 1.88. The Kier molecular flexibility index (Phi) is 3.30. The summed E-state index contributed by atoms with van der Waals surface area (Å²) in [6, 6.07) is 6.04. The number of benzene rings is 1. The minimum Gasteiger partial charge on any atom is -0.328 e. The number of rotatable bonds is 2. The predicted molar refractivity (Wildman–Crippen MR) is 68.2 cm³/mol. The summed E-state index contributed by atoms with van der Waals surface area (Å²) >= 11 is 3.39. The molecule has 0 aliphatic heterocycles. The van der Waals surface area contributed by atoms with Crippen LogP contribution in [0.5, 0.6) is 0 Å². The lowest BCUT2D eigenvalue weighted by Crippen LogP contribution is -2.42. The molecule has 0 radical (unpaired) electrons. The zero-order chi connectivity index (χ0) is 11.7. The van der Waals surface area contributed by atoms with Crippen molar-refractivity contribution in [3.8, 4) is 0 Å². The van der Waals surface area contributed by atoms with Crippen LogP contribution in [0.15, 0.2) is 22.7 Å². The summed E-state index contributed by atoms with van der Waals surface area (Å²) in [6.07, 6.45) is 1.61. The van der Waals surface area contributed by atoms with E-state index >= 15 is 0 Å². The second-order valence-corrected chi connectivity index (χ2v) is 5.29. The summed E-state index contributed by atoms with van der Waals surface area (Å²) in [5.41, 5.74) is 7.61. The highest BCUT2D eigenvalue weighted by Gasteiger charge is 2.31. The molecule has 3 N–H and O–H groups in total. The second kappa shape index (κ2) is 4.55. The largest absolute Gasteiger partial charge is 0.328 e. The lowest BCUT2D eigenvalue weighted by molar-refractivity contribution is -0.122. The molecule has 0 atom stereocenters. The predicted octanol–water partition coefficient (Wildman–Crippen LogP) is 2.43. The highest BCUT2D eigenvalue weighted by atomic mass is 79.9. The van der Waals surface area contributed by atoms with Gasteiger partial charge in [-0.2, -0.15) is 0 Å². The number of aryl methyl sites for hydroxylation is 1. The van der Waals surface area contributed by atoms with Gasteiger partial charge >= 0.3 is 0 Å². The lowest BCUT2D eigenvalue weighted by Gasteiger charge is -2.31. The Morgan fingerprint density at radius 3 is 2.75 bits per heavy atom. The second-order valence-electron chi connectivity index (χ2n) is 4.38. The zero-order valence-corrected chi connectivity index (χ0v) is 10.8. The average Bonchev–Trinajstić information content (AvgIpc) is 2.17. The van der Waals surface area contributed by atoms with Gasteiger partial charge in [-0.25, -0.2) is 0 Å². The van der Waals surface area contributed by atoms with E-state index < -0.39 is 0 Å². The number of carbonyl (C=O) groups is 1. The third-order valence-corrected chi connectivity index (χ3v) is 3.48. The van der Waals surface area contributed by atoms with Gasteiger partial charge in [0.1, 0.15) is 0 Å². The molecule has 1 fully saturated rings. The average molecular weight is 283 g/mol. The normalized spacial score (nSPS) is 23.7. The first-order valence-electron chi connectivity index (χ1n) is 5.39. The van der Waals surface area contributed by atoms with Gasteiger partial charge in [0.25, 0.3) is 0 Å². The van der Waals surface area contributed by atoms with Crippen LogP contribution in [0.2, 0.25) is 0 Å². The molecule has 0 bridgehead atoms. The molecule has 1 aliphatic carbocycles. The number of amides is 1. The molecule has 16 heavy (non-hydrogen) atoms. The maximum absolute atomic E-state index is 11.8. The topological polar surface area (TPSA) is 55.1 Å². The van der Waals surface area contributed by atoms with Gasteiger partial charge in [0.15, 0.2) is 0 Å². The van der Waals surface area contributed by atoms with Gasteiger partial charge in [0.05, 0.1) is 0 Å². The Balaban J connectivity index is 2.01. The zero-order valence-electron chi connectivity index (χ0n) is 9.16.